The minimum atomic E-state index is -0.390. The molecule has 3 rings (SSSR count). The molecule has 0 fully saturated rings. The number of nitrogens with one attached hydrogen (secondary N) is 2. The van der Waals surface area contributed by atoms with Crippen LogP contribution in [0, 0.1) is 0 Å². The first-order valence-electron chi connectivity index (χ1n) is 8.96. The average Bonchev–Trinajstić information content (AvgIpc) is 2.72. The number of amides is 2. The first kappa shape index (κ1) is 19.2. The second kappa shape index (κ2) is 9.36. The number of benzene rings is 2. The Balaban J connectivity index is 1.45. The van der Waals surface area contributed by atoms with Crippen molar-refractivity contribution in [1.82, 2.24) is 10.3 Å². The highest BCUT2D eigenvalue weighted by Crippen LogP contribution is 2.22. The summed E-state index contributed by atoms with van der Waals surface area (Å²) >= 11 is 0. The molecule has 7 nitrogen and oxygen atoms in total. The number of pyridine rings is 1. The summed E-state index contributed by atoms with van der Waals surface area (Å²) in [6, 6.07) is 15.7. The van der Waals surface area contributed by atoms with Gasteiger partial charge in [-0.1, -0.05) is 18.2 Å². The van der Waals surface area contributed by atoms with Crippen molar-refractivity contribution >= 4 is 28.6 Å². The van der Waals surface area contributed by atoms with Crippen molar-refractivity contribution in [3.05, 3.63) is 66.4 Å². The molecule has 2 amide bonds. The molecule has 2 aromatic carbocycles. The molecular weight excluding hydrogens is 358 g/mol. The number of hydrogen-bond acceptors (Lipinski definition) is 5. The van der Waals surface area contributed by atoms with Gasteiger partial charge in [-0.15, -0.1) is 0 Å². The molecule has 0 aliphatic heterocycles. The number of aromatic nitrogens is 1. The van der Waals surface area contributed by atoms with Crippen molar-refractivity contribution < 1.29 is 19.1 Å². The van der Waals surface area contributed by atoms with E-state index in [1.807, 2.05) is 30.3 Å². The molecule has 0 aliphatic carbocycles. The fourth-order valence-electron chi connectivity index (χ4n) is 2.60. The molecule has 0 unspecified atom stereocenters. The zero-order chi connectivity index (χ0) is 19.8. The summed E-state index contributed by atoms with van der Waals surface area (Å²) in [7, 11) is 0. The van der Waals surface area contributed by atoms with Crippen molar-refractivity contribution in [1.29, 1.82) is 0 Å². The van der Waals surface area contributed by atoms with E-state index >= 15 is 0 Å². The van der Waals surface area contributed by atoms with Gasteiger partial charge in [-0.3, -0.25) is 4.98 Å². The van der Waals surface area contributed by atoms with E-state index in [0.29, 0.717) is 36.8 Å². The maximum absolute atomic E-state index is 12.0. The third-order valence-electron chi connectivity index (χ3n) is 3.89. The minimum Gasteiger partial charge on any atom is -0.489 e. The lowest BCUT2D eigenvalue weighted by Gasteiger charge is -2.10. The van der Waals surface area contributed by atoms with E-state index in [1.165, 1.54) is 0 Å². The molecule has 0 aliphatic rings. The van der Waals surface area contributed by atoms with Crippen molar-refractivity contribution in [3.8, 4) is 5.75 Å². The van der Waals surface area contributed by atoms with Crippen molar-refractivity contribution in [2.75, 3.05) is 25.1 Å². The Morgan fingerprint density at radius 2 is 1.82 bits per heavy atom. The fourth-order valence-corrected chi connectivity index (χ4v) is 2.60. The lowest BCUT2D eigenvalue weighted by Crippen LogP contribution is -2.32. The van der Waals surface area contributed by atoms with Gasteiger partial charge in [-0.25, -0.2) is 9.59 Å². The number of fused-ring (bicyclic) bond motifs is 1. The molecule has 28 heavy (non-hydrogen) atoms. The Labute approximate surface area is 162 Å². The van der Waals surface area contributed by atoms with Crippen molar-refractivity contribution in [2.24, 2.45) is 0 Å². The van der Waals surface area contributed by atoms with Crippen LogP contribution in [0.3, 0.4) is 0 Å². The number of carbonyl (C=O) groups excluding carboxylic acids is 2. The molecule has 0 spiro atoms. The Morgan fingerprint density at radius 1 is 1.04 bits per heavy atom. The second-order valence-corrected chi connectivity index (χ2v) is 5.86. The number of esters is 1. The number of anilines is 1. The highest BCUT2D eigenvalue weighted by atomic mass is 16.5. The van der Waals surface area contributed by atoms with Gasteiger partial charge in [0.1, 0.15) is 17.9 Å². The molecule has 7 heteroatoms. The minimum absolute atomic E-state index is 0.310. The van der Waals surface area contributed by atoms with Gasteiger partial charge in [0.2, 0.25) is 0 Å². The molecule has 2 N–H and O–H groups in total. The number of hydrogen-bond donors (Lipinski definition) is 2. The van der Waals surface area contributed by atoms with Crippen LogP contribution in [0.25, 0.3) is 10.9 Å². The summed E-state index contributed by atoms with van der Waals surface area (Å²) in [6.45, 7) is 2.71. The van der Waals surface area contributed by atoms with E-state index in [0.717, 1.165) is 10.9 Å². The molecule has 3 aromatic rings. The van der Waals surface area contributed by atoms with Crippen LogP contribution >= 0.6 is 0 Å². The Morgan fingerprint density at radius 3 is 2.61 bits per heavy atom. The van der Waals surface area contributed by atoms with Gasteiger partial charge < -0.3 is 20.1 Å². The molecule has 0 saturated heterocycles. The number of carbonyl (C=O) groups is 2. The van der Waals surface area contributed by atoms with E-state index in [1.54, 1.807) is 37.4 Å². The fraction of sp³-hybridized carbons (Fsp3) is 0.190. The molecule has 144 valence electrons. The Bertz CT molecular complexity index is 952. The van der Waals surface area contributed by atoms with Crippen LogP contribution < -0.4 is 15.4 Å². The lowest BCUT2D eigenvalue weighted by atomic mass is 10.2. The van der Waals surface area contributed by atoms with Gasteiger partial charge in [-0.2, -0.15) is 0 Å². The highest BCUT2D eigenvalue weighted by molar-refractivity contribution is 5.92. The first-order valence-corrected chi connectivity index (χ1v) is 8.96. The van der Waals surface area contributed by atoms with Gasteiger partial charge in [0.25, 0.3) is 0 Å². The highest BCUT2D eigenvalue weighted by Gasteiger charge is 2.07. The average molecular weight is 379 g/mol. The van der Waals surface area contributed by atoms with E-state index in [2.05, 4.69) is 15.6 Å². The molecule has 1 aromatic heterocycles. The van der Waals surface area contributed by atoms with Crippen LogP contribution in [0.1, 0.15) is 17.3 Å². The molecule has 0 saturated carbocycles. The second-order valence-electron chi connectivity index (χ2n) is 5.86. The summed E-state index contributed by atoms with van der Waals surface area (Å²) in [6.07, 6.45) is 1.72. The van der Waals surface area contributed by atoms with Crippen LogP contribution in [0.5, 0.6) is 5.75 Å². The predicted octanol–water partition coefficient (Wildman–Crippen LogP) is 3.61. The van der Waals surface area contributed by atoms with Crippen molar-refractivity contribution in [2.45, 2.75) is 6.92 Å². The van der Waals surface area contributed by atoms with Gasteiger partial charge in [-0.05, 0) is 43.3 Å². The predicted molar refractivity (Wildman–Crippen MR) is 107 cm³/mol. The summed E-state index contributed by atoms with van der Waals surface area (Å²) in [5.41, 5.74) is 1.80. The zero-order valence-electron chi connectivity index (χ0n) is 15.5. The standard InChI is InChI=1S/C21H21N3O4/c1-2-27-20(25)16-8-10-17(11-9-16)24-21(26)23-13-14-28-18-7-3-5-15-6-4-12-22-19(15)18/h3-12H,2,13-14H2,1H3,(H2,23,24,26). The van der Waals surface area contributed by atoms with Crippen LogP contribution in [-0.2, 0) is 4.74 Å². The van der Waals surface area contributed by atoms with Crippen molar-refractivity contribution in [3.63, 3.8) is 0 Å². The zero-order valence-corrected chi connectivity index (χ0v) is 15.5. The van der Waals surface area contributed by atoms with Crippen LogP contribution in [-0.4, -0.2) is 36.7 Å². The molecule has 1 heterocycles. The Hall–Kier alpha value is -3.61. The van der Waals surface area contributed by atoms with Crippen LogP contribution in [0.4, 0.5) is 10.5 Å². The maximum Gasteiger partial charge on any atom is 0.338 e. The van der Waals surface area contributed by atoms with Gasteiger partial charge >= 0.3 is 12.0 Å². The quantitative estimate of drug-likeness (QED) is 0.483. The van der Waals surface area contributed by atoms with Crippen LogP contribution in [0.2, 0.25) is 0 Å². The Kier molecular flexibility index (Phi) is 6.41. The number of urea groups is 1. The number of para-hydroxylation sites is 1. The molecule has 0 bridgehead atoms. The monoisotopic (exact) mass is 379 g/mol. The van der Waals surface area contributed by atoms with E-state index in [-0.39, 0.29) is 6.03 Å². The SMILES string of the molecule is CCOC(=O)c1ccc(NC(=O)NCCOc2cccc3cccnc23)cc1. The number of rotatable bonds is 7. The third-order valence-corrected chi connectivity index (χ3v) is 3.89. The third kappa shape index (κ3) is 4.97. The molecular formula is C21H21N3O4. The molecule has 0 radical (unpaired) electrons. The summed E-state index contributed by atoms with van der Waals surface area (Å²) in [5.74, 6) is 0.286. The number of ether oxygens (including phenoxy) is 2. The van der Waals surface area contributed by atoms with Gasteiger partial charge in [0.05, 0.1) is 18.7 Å². The van der Waals surface area contributed by atoms with Gasteiger partial charge in [0, 0.05) is 17.3 Å². The van der Waals surface area contributed by atoms with E-state index in [9.17, 15) is 9.59 Å². The van der Waals surface area contributed by atoms with E-state index in [4.69, 9.17) is 9.47 Å². The van der Waals surface area contributed by atoms with Crippen LogP contribution in [0.15, 0.2) is 60.8 Å². The largest absolute Gasteiger partial charge is 0.489 e. The van der Waals surface area contributed by atoms with E-state index < -0.39 is 5.97 Å². The topological polar surface area (TPSA) is 89.5 Å². The smallest absolute Gasteiger partial charge is 0.338 e. The summed E-state index contributed by atoms with van der Waals surface area (Å²) in [4.78, 5) is 27.9. The van der Waals surface area contributed by atoms with Gasteiger partial charge in [0.15, 0.2) is 0 Å². The lowest BCUT2D eigenvalue weighted by molar-refractivity contribution is 0.0526. The number of nitrogens with zero attached hydrogens (tertiary/aromatic N) is 1. The summed E-state index contributed by atoms with van der Waals surface area (Å²) < 4.78 is 10.6. The molecule has 0 atom stereocenters. The summed E-state index contributed by atoms with van der Waals surface area (Å²) in [5, 5.41) is 6.42. The first-order chi connectivity index (χ1) is 13.7. The maximum atomic E-state index is 12.0. The normalized spacial score (nSPS) is 10.3.